The van der Waals surface area contributed by atoms with Gasteiger partial charge in [-0.3, -0.25) is 14.5 Å². The monoisotopic (exact) mass is 547 g/mol. The molecule has 11 nitrogen and oxygen atoms in total. The Bertz CT molecular complexity index is 1100. The molecule has 0 N–H and O–H groups in total. The van der Waals surface area contributed by atoms with E-state index in [0.29, 0.717) is 22.3 Å². The molecule has 0 fully saturated rings. The minimum atomic E-state index is -0.604. The van der Waals surface area contributed by atoms with Gasteiger partial charge in [0.15, 0.2) is 13.2 Å². The predicted octanol–water partition coefficient (Wildman–Crippen LogP) is 2.55. The second-order valence-corrected chi connectivity index (χ2v) is 8.51. The third kappa shape index (κ3) is 9.75. The number of rotatable bonds is 16. The number of hydrogen-bond acceptors (Lipinski definition) is 11. The lowest BCUT2D eigenvalue weighted by Gasteiger charge is -2.23. The predicted molar refractivity (Wildman–Crippen MR) is 142 cm³/mol. The zero-order chi connectivity index (χ0) is 28.8. The number of fused-ring (bicyclic) bond motifs is 1. The molecule has 2 aromatic carbocycles. The van der Waals surface area contributed by atoms with E-state index in [0.717, 1.165) is 5.56 Å². The number of esters is 4. The number of methoxy groups -OCH3 is 1. The van der Waals surface area contributed by atoms with Crippen LogP contribution in [-0.2, 0) is 44.5 Å². The van der Waals surface area contributed by atoms with E-state index in [-0.39, 0.29) is 58.5 Å². The smallest absolute Gasteiger partial charge is 0.344 e. The van der Waals surface area contributed by atoms with Crippen molar-refractivity contribution < 1.29 is 47.6 Å². The molecule has 0 aliphatic carbocycles. The SMILES string of the molecule is CCOC(=O)COc1cccc2c(C[C@H](CN(C)CC(=O)OCC)C(=O)OC)ccc(OCC(=O)OCC)c12. The molecule has 39 heavy (non-hydrogen) atoms. The molecule has 0 bridgehead atoms. The van der Waals surface area contributed by atoms with E-state index in [1.807, 2.05) is 6.07 Å². The van der Waals surface area contributed by atoms with Crippen molar-refractivity contribution in [2.45, 2.75) is 27.2 Å². The Labute approximate surface area is 228 Å². The van der Waals surface area contributed by atoms with Crippen molar-refractivity contribution >= 4 is 34.6 Å². The molecule has 214 valence electrons. The molecule has 0 heterocycles. The van der Waals surface area contributed by atoms with Crippen LogP contribution in [0.3, 0.4) is 0 Å². The van der Waals surface area contributed by atoms with Gasteiger partial charge in [0.25, 0.3) is 0 Å². The van der Waals surface area contributed by atoms with Crippen LogP contribution >= 0.6 is 0 Å². The van der Waals surface area contributed by atoms with E-state index in [2.05, 4.69) is 0 Å². The molecule has 0 amide bonds. The van der Waals surface area contributed by atoms with Crippen LogP contribution in [0.5, 0.6) is 11.5 Å². The number of carbonyl (C=O) groups excluding carboxylic acids is 4. The van der Waals surface area contributed by atoms with Crippen LogP contribution in [0.1, 0.15) is 26.3 Å². The normalized spacial score (nSPS) is 11.5. The highest BCUT2D eigenvalue weighted by atomic mass is 16.6. The summed E-state index contributed by atoms with van der Waals surface area (Å²) >= 11 is 0. The molecule has 2 aromatic rings. The number of ether oxygens (including phenoxy) is 6. The highest BCUT2D eigenvalue weighted by Crippen LogP contribution is 2.37. The van der Waals surface area contributed by atoms with Gasteiger partial charge in [0.2, 0.25) is 0 Å². The van der Waals surface area contributed by atoms with E-state index in [9.17, 15) is 19.2 Å². The Kier molecular flexibility index (Phi) is 13.0. The van der Waals surface area contributed by atoms with E-state index >= 15 is 0 Å². The second-order valence-electron chi connectivity index (χ2n) is 8.51. The molecule has 11 heteroatoms. The number of hydrogen-bond donors (Lipinski definition) is 0. The Balaban J connectivity index is 2.43. The molecule has 0 spiro atoms. The Hall–Kier alpha value is -3.86. The minimum Gasteiger partial charge on any atom is -0.481 e. The minimum absolute atomic E-state index is 0.0224. The number of carbonyl (C=O) groups is 4. The van der Waals surface area contributed by atoms with Crippen LogP contribution in [-0.4, -0.2) is 89.1 Å². The van der Waals surface area contributed by atoms with Crippen molar-refractivity contribution in [3.8, 4) is 11.5 Å². The Morgan fingerprint density at radius 2 is 1.36 bits per heavy atom. The summed E-state index contributed by atoms with van der Waals surface area (Å²) in [5.41, 5.74) is 0.773. The molecule has 0 saturated heterocycles. The standard InChI is InChI=1S/C28H37NO10/c1-6-35-24(30)16-29(4)15-20(28(33)34-5)14-19-12-13-23(39-18-26(32)37-8-3)27-21(19)10-9-11-22(27)38-17-25(31)36-7-2/h9-13,20H,6-8,14-18H2,1-5H3/t20-/m1/s1. The molecule has 2 rings (SSSR count). The Morgan fingerprint density at radius 3 is 1.92 bits per heavy atom. The fourth-order valence-corrected chi connectivity index (χ4v) is 4.02. The molecule has 0 saturated carbocycles. The zero-order valence-electron chi connectivity index (χ0n) is 23.2. The van der Waals surface area contributed by atoms with Gasteiger partial charge in [-0.15, -0.1) is 0 Å². The molecule has 0 unspecified atom stereocenters. The van der Waals surface area contributed by atoms with Crippen LogP contribution < -0.4 is 9.47 Å². The van der Waals surface area contributed by atoms with Gasteiger partial charge in [-0.2, -0.15) is 0 Å². The first-order chi connectivity index (χ1) is 18.7. The lowest BCUT2D eigenvalue weighted by Crippen LogP contribution is -2.36. The van der Waals surface area contributed by atoms with Crippen LogP contribution in [0.15, 0.2) is 30.3 Å². The average Bonchev–Trinajstić information content (AvgIpc) is 2.90. The van der Waals surface area contributed by atoms with Crippen LogP contribution in [0, 0.1) is 5.92 Å². The van der Waals surface area contributed by atoms with Gasteiger partial charge >= 0.3 is 23.9 Å². The van der Waals surface area contributed by atoms with Crippen molar-refractivity contribution in [2.24, 2.45) is 5.92 Å². The van der Waals surface area contributed by atoms with Crippen molar-refractivity contribution in [1.29, 1.82) is 0 Å². The number of likely N-dealkylation sites (N-methyl/N-ethyl adjacent to an activating group) is 1. The number of benzene rings is 2. The van der Waals surface area contributed by atoms with Gasteiger partial charge in [-0.25, -0.2) is 9.59 Å². The summed E-state index contributed by atoms with van der Waals surface area (Å²) in [7, 11) is 3.03. The molecule has 0 radical (unpaired) electrons. The van der Waals surface area contributed by atoms with Crippen molar-refractivity contribution in [3.63, 3.8) is 0 Å². The van der Waals surface area contributed by atoms with Crippen molar-refractivity contribution in [2.75, 3.05) is 60.3 Å². The average molecular weight is 548 g/mol. The topological polar surface area (TPSA) is 127 Å². The van der Waals surface area contributed by atoms with E-state index < -0.39 is 23.8 Å². The van der Waals surface area contributed by atoms with Gasteiger partial charge in [-0.1, -0.05) is 18.2 Å². The fourth-order valence-electron chi connectivity index (χ4n) is 4.02. The van der Waals surface area contributed by atoms with Crippen molar-refractivity contribution in [1.82, 2.24) is 4.90 Å². The summed E-state index contributed by atoms with van der Waals surface area (Å²) < 4.78 is 31.5. The number of nitrogens with zero attached hydrogens (tertiary/aromatic N) is 1. The van der Waals surface area contributed by atoms with E-state index in [4.69, 9.17) is 28.4 Å². The first kappa shape index (κ1) is 31.4. The highest BCUT2D eigenvalue weighted by Gasteiger charge is 2.25. The van der Waals surface area contributed by atoms with Gasteiger partial charge < -0.3 is 28.4 Å². The summed E-state index contributed by atoms with van der Waals surface area (Å²) in [6.45, 7) is 5.45. The Morgan fingerprint density at radius 1 is 0.795 bits per heavy atom. The molecule has 0 aromatic heterocycles. The molecule has 1 atom stereocenters. The third-order valence-corrected chi connectivity index (χ3v) is 5.59. The maximum absolute atomic E-state index is 12.7. The maximum atomic E-state index is 12.7. The summed E-state index contributed by atoms with van der Waals surface area (Å²) in [5.74, 6) is -1.81. The molecular formula is C28H37NO10. The third-order valence-electron chi connectivity index (χ3n) is 5.59. The largest absolute Gasteiger partial charge is 0.481 e. The maximum Gasteiger partial charge on any atom is 0.344 e. The van der Waals surface area contributed by atoms with Crippen LogP contribution in [0.2, 0.25) is 0 Å². The van der Waals surface area contributed by atoms with Crippen molar-refractivity contribution in [3.05, 3.63) is 35.9 Å². The molecule has 0 aliphatic heterocycles. The van der Waals surface area contributed by atoms with E-state index in [1.54, 1.807) is 57.0 Å². The zero-order valence-corrected chi connectivity index (χ0v) is 23.2. The first-order valence-corrected chi connectivity index (χ1v) is 12.8. The highest BCUT2D eigenvalue weighted by molar-refractivity contribution is 5.96. The quantitative estimate of drug-likeness (QED) is 0.227. The lowest BCUT2D eigenvalue weighted by molar-refractivity contribution is -0.148. The van der Waals surface area contributed by atoms with Gasteiger partial charge in [-0.05, 0) is 57.3 Å². The van der Waals surface area contributed by atoms with Gasteiger partial charge in [0.05, 0.1) is 44.8 Å². The van der Waals surface area contributed by atoms with Gasteiger partial charge in [0.1, 0.15) is 11.5 Å². The molecule has 0 aliphatic rings. The van der Waals surface area contributed by atoms with Gasteiger partial charge in [0, 0.05) is 6.54 Å². The summed E-state index contributed by atoms with van der Waals surface area (Å²) in [6.07, 6.45) is 0.274. The van der Waals surface area contributed by atoms with Crippen LogP contribution in [0.4, 0.5) is 0 Å². The molecular weight excluding hydrogens is 510 g/mol. The van der Waals surface area contributed by atoms with Crippen LogP contribution in [0.25, 0.3) is 10.8 Å². The summed E-state index contributed by atoms with van der Waals surface area (Å²) in [5, 5.41) is 1.21. The lowest BCUT2D eigenvalue weighted by atomic mass is 9.93. The summed E-state index contributed by atoms with van der Waals surface area (Å²) in [4.78, 5) is 50.2. The summed E-state index contributed by atoms with van der Waals surface area (Å²) in [6, 6.07) is 8.72. The van der Waals surface area contributed by atoms with E-state index in [1.165, 1.54) is 7.11 Å². The fraction of sp³-hybridized carbons (Fsp3) is 0.500. The second kappa shape index (κ2) is 16.2. The first-order valence-electron chi connectivity index (χ1n) is 12.8.